The number of aromatic nitrogens is 2. The number of unbranched alkanes of at least 4 members (excludes halogenated alkanes) is 2. The molecule has 102 valence electrons. The Hall–Kier alpha value is -1.36. The molecule has 0 aliphatic heterocycles. The first-order valence-electron chi connectivity index (χ1n) is 6.57. The predicted octanol–water partition coefficient (Wildman–Crippen LogP) is 1.73. The highest BCUT2D eigenvalue weighted by Gasteiger charge is 2.01. The van der Waals surface area contributed by atoms with Gasteiger partial charge in [-0.15, -0.1) is 0 Å². The minimum atomic E-state index is -0.0866. The number of rotatable bonds is 9. The number of aryl methyl sites for hydroxylation is 1. The van der Waals surface area contributed by atoms with Gasteiger partial charge in [0.05, 0.1) is 18.6 Å². The number of hydrogen-bond donors (Lipinski definition) is 1. The average molecular weight is 253 g/mol. The maximum absolute atomic E-state index is 11.1. The Morgan fingerprint density at radius 2 is 2.28 bits per heavy atom. The van der Waals surface area contributed by atoms with E-state index in [4.69, 9.17) is 4.74 Å². The predicted molar refractivity (Wildman–Crippen MR) is 70.1 cm³/mol. The third-order valence-electron chi connectivity index (χ3n) is 2.65. The molecular weight excluding hydrogens is 230 g/mol. The summed E-state index contributed by atoms with van der Waals surface area (Å²) in [6.07, 6.45) is 7.45. The molecule has 1 aromatic heterocycles. The molecule has 1 N–H and O–H groups in total. The van der Waals surface area contributed by atoms with Crippen LogP contribution in [-0.2, 0) is 22.6 Å². The summed E-state index contributed by atoms with van der Waals surface area (Å²) in [6, 6.07) is 0. The maximum atomic E-state index is 11.1. The van der Waals surface area contributed by atoms with Crippen LogP contribution < -0.4 is 5.32 Å². The second kappa shape index (κ2) is 8.69. The smallest absolute Gasteiger partial charge is 0.305 e. The second-order valence-corrected chi connectivity index (χ2v) is 4.25. The number of nitrogens with one attached hydrogen (secondary N) is 1. The van der Waals surface area contributed by atoms with E-state index in [0.717, 1.165) is 38.0 Å². The van der Waals surface area contributed by atoms with Crippen molar-refractivity contribution in [2.45, 2.75) is 45.7 Å². The fraction of sp³-hybridized carbons (Fsp3) is 0.692. The number of ether oxygens (including phenoxy) is 1. The van der Waals surface area contributed by atoms with Crippen molar-refractivity contribution >= 4 is 5.97 Å². The fourth-order valence-electron chi connectivity index (χ4n) is 1.77. The molecule has 0 fully saturated rings. The van der Waals surface area contributed by atoms with Gasteiger partial charge in [0.2, 0.25) is 0 Å². The zero-order valence-electron chi connectivity index (χ0n) is 11.3. The topological polar surface area (TPSA) is 56.2 Å². The summed E-state index contributed by atoms with van der Waals surface area (Å²) in [4.78, 5) is 15.4. The van der Waals surface area contributed by atoms with Gasteiger partial charge < -0.3 is 14.6 Å². The summed E-state index contributed by atoms with van der Waals surface area (Å²) in [5.74, 6) is -0.0866. The lowest BCUT2D eigenvalue weighted by Crippen LogP contribution is -2.05. The number of nitrogens with zero attached hydrogens (tertiary/aromatic N) is 2. The van der Waals surface area contributed by atoms with E-state index in [1.54, 1.807) is 0 Å². The van der Waals surface area contributed by atoms with Gasteiger partial charge in [-0.25, -0.2) is 4.98 Å². The quantitative estimate of drug-likeness (QED) is 0.538. The van der Waals surface area contributed by atoms with E-state index in [9.17, 15) is 4.79 Å². The number of imidazole rings is 1. The first-order valence-corrected chi connectivity index (χ1v) is 6.57. The van der Waals surface area contributed by atoms with Gasteiger partial charge in [-0.1, -0.05) is 6.42 Å². The van der Waals surface area contributed by atoms with Gasteiger partial charge in [0.25, 0.3) is 0 Å². The molecule has 1 rings (SSSR count). The monoisotopic (exact) mass is 253 g/mol. The molecule has 0 aliphatic carbocycles. The summed E-state index contributed by atoms with van der Waals surface area (Å²) in [7, 11) is 1.91. The van der Waals surface area contributed by atoms with Gasteiger partial charge in [-0.05, 0) is 26.8 Å². The lowest BCUT2D eigenvalue weighted by atomic mass is 10.2. The molecule has 5 nitrogen and oxygen atoms in total. The summed E-state index contributed by atoms with van der Waals surface area (Å²) in [5, 5.41) is 3.07. The third kappa shape index (κ3) is 5.82. The van der Waals surface area contributed by atoms with Crippen molar-refractivity contribution in [3.63, 3.8) is 0 Å². The first kappa shape index (κ1) is 14.7. The third-order valence-corrected chi connectivity index (χ3v) is 2.65. The number of esters is 1. The highest BCUT2D eigenvalue weighted by molar-refractivity contribution is 5.69. The van der Waals surface area contributed by atoms with Crippen molar-refractivity contribution in [3.8, 4) is 0 Å². The molecule has 0 aliphatic rings. The molecule has 0 radical (unpaired) electrons. The fourth-order valence-corrected chi connectivity index (χ4v) is 1.77. The van der Waals surface area contributed by atoms with Gasteiger partial charge in [0.1, 0.15) is 0 Å². The van der Waals surface area contributed by atoms with E-state index in [-0.39, 0.29) is 5.97 Å². The molecule has 0 spiro atoms. The van der Waals surface area contributed by atoms with Crippen LogP contribution in [0.5, 0.6) is 0 Å². The minimum absolute atomic E-state index is 0.0866. The van der Waals surface area contributed by atoms with Gasteiger partial charge in [-0.3, -0.25) is 4.79 Å². The highest BCUT2D eigenvalue weighted by atomic mass is 16.5. The van der Waals surface area contributed by atoms with E-state index in [1.165, 1.54) is 0 Å². The van der Waals surface area contributed by atoms with Crippen molar-refractivity contribution in [2.24, 2.45) is 0 Å². The molecule has 1 aromatic rings. The molecule has 0 unspecified atom stereocenters. The van der Waals surface area contributed by atoms with Gasteiger partial charge in [0, 0.05) is 25.7 Å². The Kier molecular flexibility index (Phi) is 7.10. The molecular formula is C13H23N3O2. The van der Waals surface area contributed by atoms with Crippen molar-refractivity contribution < 1.29 is 9.53 Å². The van der Waals surface area contributed by atoms with Crippen molar-refractivity contribution in [1.82, 2.24) is 14.9 Å². The second-order valence-electron chi connectivity index (χ2n) is 4.25. The Bertz CT molecular complexity index is 350. The van der Waals surface area contributed by atoms with Gasteiger partial charge >= 0.3 is 5.97 Å². The summed E-state index contributed by atoms with van der Waals surface area (Å²) in [6.45, 7) is 4.07. The van der Waals surface area contributed by atoms with E-state index >= 15 is 0 Å². The van der Waals surface area contributed by atoms with Crippen molar-refractivity contribution in [2.75, 3.05) is 13.7 Å². The molecule has 0 bridgehead atoms. The molecule has 0 saturated carbocycles. The van der Waals surface area contributed by atoms with E-state index in [0.29, 0.717) is 13.0 Å². The standard InChI is InChI=1S/C13H23N3O2/c1-3-18-13(17)7-5-4-6-8-16-10-12(9-14-2)15-11-16/h10-11,14H,3-9H2,1-2H3. The van der Waals surface area contributed by atoms with Crippen LogP contribution in [0.4, 0.5) is 0 Å². The Labute approximate surface area is 109 Å². The zero-order chi connectivity index (χ0) is 13.2. The van der Waals surface area contributed by atoms with Crippen LogP contribution in [0.2, 0.25) is 0 Å². The Morgan fingerprint density at radius 1 is 1.44 bits per heavy atom. The Morgan fingerprint density at radius 3 is 3.00 bits per heavy atom. The van der Waals surface area contributed by atoms with Crippen LogP contribution in [0.25, 0.3) is 0 Å². The normalized spacial score (nSPS) is 10.6. The van der Waals surface area contributed by atoms with Crippen molar-refractivity contribution in [1.29, 1.82) is 0 Å². The lowest BCUT2D eigenvalue weighted by Gasteiger charge is -2.03. The molecule has 5 heteroatoms. The highest BCUT2D eigenvalue weighted by Crippen LogP contribution is 2.04. The van der Waals surface area contributed by atoms with Crippen LogP contribution in [0.3, 0.4) is 0 Å². The van der Waals surface area contributed by atoms with Crippen molar-refractivity contribution in [3.05, 3.63) is 18.2 Å². The first-order chi connectivity index (χ1) is 8.76. The maximum Gasteiger partial charge on any atom is 0.305 e. The summed E-state index contributed by atoms with van der Waals surface area (Å²) in [5.41, 5.74) is 1.06. The molecule has 18 heavy (non-hydrogen) atoms. The SMILES string of the molecule is CCOC(=O)CCCCCn1cnc(CNC)c1. The van der Waals surface area contributed by atoms with Gasteiger partial charge in [-0.2, -0.15) is 0 Å². The van der Waals surface area contributed by atoms with E-state index in [1.807, 2.05) is 20.3 Å². The molecule has 0 amide bonds. The van der Waals surface area contributed by atoms with Crippen LogP contribution in [0, 0.1) is 0 Å². The largest absolute Gasteiger partial charge is 0.466 e. The van der Waals surface area contributed by atoms with E-state index in [2.05, 4.69) is 21.1 Å². The lowest BCUT2D eigenvalue weighted by molar-refractivity contribution is -0.143. The molecule has 0 aromatic carbocycles. The number of carbonyl (C=O) groups is 1. The summed E-state index contributed by atoms with van der Waals surface area (Å²) >= 11 is 0. The van der Waals surface area contributed by atoms with Crippen LogP contribution >= 0.6 is 0 Å². The molecule has 0 saturated heterocycles. The van der Waals surface area contributed by atoms with Gasteiger partial charge in [0.15, 0.2) is 0 Å². The molecule has 0 atom stereocenters. The van der Waals surface area contributed by atoms with Crippen LogP contribution in [0.1, 0.15) is 38.3 Å². The minimum Gasteiger partial charge on any atom is -0.466 e. The summed E-state index contributed by atoms with van der Waals surface area (Å²) < 4.78 is 6.97. The number of hydrogen-bond acceptors (Lipinski definition) is 4. The van der Waals surface area contributed by atoms with E-state index < -0.39 is 0 Å². The number of carbonyl (C=O) groups excluding carboxylic acids is 1. The van der Waals surface area contributed by atoms with Crippen LogP contribution in [0.15, 0.2) is 12.5 Å². The Balaban J connectivity index is 2.08. The molecule has 1 heterocycles. The average Bonchev–Trinajstić information content (AvgIpc) is 2.77. The van der Waals surface area contributed by atoms with Crippen LogP contribution in [-0.4, -0.2) is 29.2 Å². The zero-order valence-corrected chi connectivity index (χ0v) is 11.3.